The van der Waals surface area contributed by atoms with E-state index in [2.05, 4.69) is 15.0 Å². The number of hydrogen-bond donors (Lipinski definition) is 2. The molecular weight excluding hydrogens is 452 g/mol. The molecule has 1 aromatic heterocycles. The van der Waals surface area contributed by atoms with Crippen LogP contribution in [0.15, 0.2) is 23.4 Å². The molecule has 2 fully saturated rings. The lowest BCUT2D eigenvalue weighted by Crippen LogP contribution is -2.48. The second-order valence-corrected chi connectivity index (χ2v) is 13.4. The Morgan fingerprint density at radius 3 is 2.22 bits per heavy atom. The number of anilines is 1. The Hall–Kier alpha value is -1.27. The molecule has 3 rings (SSSR count). The fourth-order valence-electron chi connectivity index (χ4n) is 4.21. The van der Waals surface area contributed by atoms with Crippen LogP contribution in [0.5, 0.6) is 0 Å². The average Bonchev–Trinajstić information content (AvgIpc) is 2.72. The Kier molecular flexibility index (Phi) is 8.19. The van der Waals surface area contributed by atoms with Gasteiger partial charge in [0, 0.05) is 25.7 Å². The van der Waals surface area contributed by atoms with Crippen LogP contribution in [0.1, 0.15) is 53.4 Å². The summed E-state index contributed by atoms with van der Waals surface area (Å²) in [5.74, 6) is 0.439. The number of pyridine rings is 1. The second-order valence-electron chi connectivity index (χ2n) is 9.27. The zero-order valence-corrected chi connectivity index (χ0v) is 21.0. The summed E-state index contributed by atoms with van der Waals surface area (Å²) in [4.78, 5) is 4.20. The Labute approximate surface area is 192 Å². The molecular formula is C21H36N4O5S2. The van der Waals surface area contributed by atoms with E-state index in [1.54, 1.807) is 32.2 Å². The van der Waals surface area contributed by atoms with Crippen LogP contribution >= 0.6 is 0 Å². The van der Waals surface area contributed by atoms with E-state index in [0.717, 1.165) is 37.9 Å². The van der Waals surface area contributed by atoms with Gasteiger partial charge in [-0.1, -0.05) is 0 Å². The normalized spacial score (nSPS) is 28.0. The van der Waals surface area contributed by atoms with E-state index < -0.39 is 25.3 Å². The summed E-state index contributed by atoms with van der Waals surface area (Å²) >= 11 is 0. The molecule has 1 saturated heterocycles. The SMILES string of the molecule is CC(C)S(=O)(=O)NC1CCC(CNc2ccc(S(=O)(=O)N3C[C@@H](C)O[C@@H](C)C3)nc2)CC1. The van der Waals surface area contributed by atoms with Crippen LogP contribution in [0.4, 0.5) is 5.69 Å². The van der Waals surface area contributed by atoms with Crippen LogP contribution < -0.4 is 10.0 Å². The fourth-order valence-corrected chi connectivity index (χ4v) is 6.69. The van der Waals surface area contributed by atoms with E-state index in [1.807, 2.05) is 13.8 Å². The van der Waals surface area contributed by atoms with Crippen LogP contribution in [0, 0.1) is 5.92 Å². The van der Waals surface area contributed by atoms with E-state index in [4.69, 9.17) is 4.74 Å². The summed E-state index contributed by atoms with van der Waals surface area (Å²) in [5, 5.41) is 2.96. The van der Waals surface area contributed by atoms with E-state index in [0.29, 0.717) is 19.0 Å². The highest BCUT2D eigenvalue weighted by atomic mass is 32.2. The maximum absolute atomic E-state index is 12.9. The topological polar surface area (TPSA) is 118 Å². The molecule has 1 aliphatic carbocycles. The molecule has 2 atom stereocenters. The van der Waals surface area contributed by atoms with Crippen molar-refractivity contribution < 1.29 is 21.6 Å². The summed E-state index contributed by atoms with van der Waals surface area (Å²) in [7, 11) is -6.88. The van der Waals surface area contributed by atoms with Gasteiger partial charge in [-0.05, 0) is 71.4 Å². The second kappa shape index (κ2) is 10.3. The van der Waals surface area contributed by atoms with Gasteiger partial charge in [0.25, 0.3) is 10.0 Å². The van der Waals surface area contributed by atoms with Crippen molar-refractivity contribution in [3.8, 4) is 0 Å². The quantitative estimate of drug-likeness (QED) is 0.576. The van der Waals surface area contributed by atoms with Crippen molar-refractivity contribution in [3.63, 3.8) is 0 Å². The van der Waals surface area contributed by atoms with Crippen molar-refractivity contribution in [1.82, 2.24) is 14.0 Å². The average molecular weight is 489 g/mol. The summed E-state index contributed by atoms with van der Waals surface area (Å²) in [6.45, 7) is 8.50. The van der Waals surface area contributed by atoms with Gasteiger partial charge in [0.05, 0.1) is 29.3 Å². The van der Waals surface area contributed by atoms with Crippen LogP contribution in [-0.4, -0.2) is 69.3 Å². The molecule has 11 heteroatoms. The number of hydrogen-bond acceptors (Lipinski definition) is 7. The molecule has 1 aromatic rings. The van der Waals surface area contributed by atoms with Gasteiger partial charge in [-0.15, -0.1) is 0 Å². The Morgan fingerprint density at radius 2 is 1.69 bits per heavy atom. The molecule has 32 heavy (non-hydrogen) atoms. The molecule has 9 nitrogen and oxygen atoms in total. The number of nitrogens with one attached hydrogen (secondary N) is 2. The van der Waals surface area contributed by atoms with Crippen LogP contribution in [0.3, 0.4) is 0 Å². The predicted molar refractivity (Wildman–Crippen MR) is 124 cm³/mol. The molecule has 0 bridgehead atoms. The smallest absolute Gasteiger partial charge is 0.260 e. The standard InChI is InChI=1S/C21H36N4O5S2/c1-15(2)31(26,27)24-19-7-5-18(6-8-19)11-22-20-9-10-21(23-12-20)32(28,29)25-13-16(3)30-17(4)14-25/h9-10,12,15-19,22,24H,5-8,11,13-14H2,1-4H3/t16-,17+,18?,19?. The third kappa shape index (κ3) is 6.40. The zero-order chi connectivity index (χ0) is 23.5. The van der Waals surface area contributed by atoms with Gasteiger partial charge in [-0.2, -0.15) is 4.31 Å². The summed E-state index contributed by atoms with van der Waals surface area (Å²) in [5.41, 5.74) is 0.773. The molecule has 182 valence electrons. The maximum atomic E-state index is 12.9. The number of rotatable bonds is 8. The Balaban J connectivity index is 1.49. The molecule has 0 aromatic carbocycles. The molecule has 2 N–H and O–H groups in total. The number of nitrogens with zero attached hydrogens (tertiary/aromatic N) is 2. The minimum absolute atomic E-state index is 0.00966. The number of sulfonamides is 2. The first kappa shape index (κ1) is 25.4. The number of aromatic nitrogens is 1. The third-order valence-corrected chi connectivity index (χ3v) is 9.77. The molecule has 2 aliphatic rings. The van der Waals surface area contributed by atoms with Gasteiger partial charge < -0.3 is 10.1 Å². The first-order valence-electron chi connectivity index (χ1n) is 11.3. The van der Waals surface area contributed by atoms with E-state index in [9.17, 15) is 16.8 Å². The van der Waals surface area contributed by atoms with Crippen molar-refractivity contribution in [2.75, 3.05) is 25.0 Å². The van der Waals surface area contributed by atoms with Crippen LogP contribution in [0.2, 0.25) is 0 Å². The fraction of sp³-hybridized carbons (Fsp3) is 0.762. The number of morpholine rings is 1. The molecule has 0 unspecified atom stereocenters. The lowest BCUT2D eigenvalue weighted by molar-refractivity contribution is -0.0441. The molecule has 0 amide bonds. The van der Waals surface area contributed by atoms with Crippen molar-refractivity contribution in [2.45, 2.75) is 81.9 Å². The van der Waals surface area contributed by atoms with Crippen molar-refractivity contribution >= 4 is 25.7 Å². The number of ether oxygens (including phenoxy) is 1. The van der Waals surface area contributed by atoms with Crippen molar-refractivity contribution in [2.24, 2.45) is 5.92 Å². The van der Waals surface area contributed by atoms with Gasteiger partial charge in [0.1, 0.15) is 0 Å². The summed E-state index contributed by atoms with van der Waals surface area (Å²) in [6.07, 6.45) is 4.78. The van der Waals surface area contributed by atoms with Crippen molar-refractivity contribution in [1.29, 1.82) is 0 Å². The van der Waals surface area contributed by atoms with Crippen molar-refractivity contribution in [3.05, 3.63) is 18.3 Å². The van der Waals surface area contributed by atoms with E-state index >= 15 is 0 Å². The largest absolute Gasteiger partial charge is 0.384 e. The highest BCUT2D eigenvalue weighted by Gasteiger charge is 2.33. The van der Waals surface area contributed by atoms with Gasteiger partial charge in [-0.25, -0.2) is 26.5 Å². The molecule has 0 radical (unpaired) electrons. The minimum Gasteiger partial charge on any atom is -0.384 e. The van der Waals surface area contributed by atoms with Crippen LogP contribution in [0.25, 0.3) is 0 Å². The lowest BCUT2D eigenvalue weighted by atomic mass is 9.86. The molecule has 2 heterocycles. The third-order valence-electron chi connectivity index (χ3n) is 6.12. The summed E-state index contributed by atoms with van der Waals surface area (Å²) < 4.78 is 59.8. The molecule has 0 spiro atoms. The first-order chi connectivity index (χ1) is 15.0. The van der Waals surface area contributed by atoms with Gasteiger partial charge >= 0.3 is 0 Å². The van der Waals surface area contributed by atoms with Gasteiger partial charge in [-0.3, -0.25) is 0 Å². The van der Waals surface area contributed by atoms with Gasteiger partial charge in [0.15, 0.2) is 5.03 Å². The van der Waals surface area contributed by atoms with E-state index in [-0.39, 0.29) is 23.3 Å². The monoisotopic (exact) mass is 488 g/mol. The Bertz CT molecular complexity index is 948. The van der Waals surface area contributed by atoms with Crippen LogP contribution in [-0.2, 0) is 24.8 Å². The minimum atomic E-state index is -3.65. The van der Waals surface area contributed by atoms with E-state index in [1.165, 1.54) is 4.31 Å². The lowest BCUT2D eigenvalue weighted by Gasteiger charge is -2.34. The summed E-state index contributed by atoms with van der Waals surface area (Å²) in [6, 6.07) is 3.30. The first-order valence-corrected chi connectivity index (χ1v) is 14.3. The highest BCUT2D eigenvalue weighted by molar-refractivity contribution is 7.90. The zero-order valence-electron chi connectivity index (χ0n) is 19.3. The Morgan fingerprint density at radius 1 is 1.06 bits per heavy atom. The highest BCUT2D eigenvalue weighted by Crippen LogP contribution is 2.26. The van der Waals surface area contributed by atoms with Gasteiger partial charge in [0.2, 0.25) is 10.0 Å². The molecule has 1 saturated carbocycles. The molecule has 1 aliphatic heterocycles. The maximum Gasteiger partial charge on any atom is 0.260 e. The predicted octanol–water partition coefficient (Wildman–Crippen LogP) is 2.18.